The van der Waals surface area contributed by atoms with Gasteiger partial charge in [0, 0.05) is 10.8 Å². The molecule has 0 saturated carbocycles. The van der Waals surface area contributed by atoms with Crippen molar-refractivity contribution in [1.82, 2.24) is 0 Å². The molecule has 9 aromatic carbocycles. The molecule has 0 spiro atoms. The van der Waals surface area contributed by atoms with Crippen LogP contribution in [0.4, 0.5) is 0 Å². The molecule has 0 fully saturated rings. The predicted octanol–water partition coefficient (Wildman–Crippen LogP) is 13.7. The third-order valence-corrected chi connectivity index (χ3v) is 9.68. The number of furan rings is 1. The molecule has 49 heavy (non-hydrogen) atoms. The summed E-state index contributed by atoms with van der Waals surface area (Å²) in [5.41, 5.74) is 7.75. The van der Waals surface area contributed by atoms with Crippen molar-refractivity contribution in [2.45, 2.75) is 0 Å². The molecule has 0 aliphatic rings. The van der Waals surface area contributed by atoms with Crippen LogP contribution in [0.2, 0.25) is 0 Å². The molecular formula is C48H30O. The summed E-state index contributed by atoms with van der Waals surface area (Å²) < 4.78 is 35.5. The van der Waals surface area contributed by atoms with Crippen LogP contribution in [0.1, 0.15) is 4.11 Å². The number of hydrogen-bond acceptors (Lipinski definition) is 1. The Kier molecular flexibility index (Phi) is 5.58. The zero-order chi connectivity index (χ0) is 34.9. The maximum atomic E-state index is 9.78. The van der Waals surface area contributed by atoms with Crippen LogP contribution < -0.4 is 0 Å². The molecule has 0 aliphatic carbocycles. The molecule has 0 saturated heterocycles. The lowest BCUT2D eigenvalue weighted by Crippen LogP contribution is -1.92. The largest absolute Gasteiger partial charge is 0.456 e. The molecule has 1 heterocycles. The minimum atomic E-state index is 0.181. The summed E-state index contributed by atoms with van der Waals surface area (Å²) in [6.45, 7) is 0. The van der Waals surface area contributed by atoms with Gasteiger partial charge in [-0.1, -0.05) is 140 Å². The summed E-state index contributed by atoms with van der Waals surface area (Å²) in [5, 5.41) is 8.44. The standard InChI is InChI=1S/C48H30O/c1-3-13-31(14-4-1)36-25-37(32-15-5-2-6-16-32)27-38(26-36)48-42-21-11-9-19-40(42)47(41-20-10-12-22-43(41)48)35-23-24-39-44-28-33-17-7-8-18-34(33)29-46(44)49-45(39)30-35/h1-30H/i25D,26D,27D. The molecule has 10 aromatic rings. The van der Waals surface area contributed by atoms with Gasteiger partial charge >= 0.3 is 0 Å². The fourth-order valence-electron chi connectivity index (χ4n) is 7.42. The van der Waals surface area contributed by atoms with E-state index < -0.39 is 0 Å². The molecule has 228 valence electrons. The second kappa shape index (κ2) is 11.1. The van der Waals surface area contributed by atoms with Gasteiger partial charge in [-0.25, -0.2) is 0 Å². The van der Waals surface area contributed by atoms with E-state index in [2.05, 4.69) is 84.9 Å². The first-order chi connectivity index (χ1) is 25.6. The minimum absolute atomic E-state index is 0.181. The lowest BCUT2D eigenvalue weighted by Gasteiger charge is -2.19. The first kappa shape index (κ1) is 24.7. The third-order valence-electron chi connectivity index (χ3n) is 9.68. The van der Waals surface area contributed by atoms with E-state index in [0.717, 1.165) is 76.7 Å². The third kappa shape index (κ3) is 4.55. The van der Waals surface area contributed by atoms with Gasteiger partial charge in [0.25, 0.3) is 0 Å². The molecule has 0 radical (unpaired) electrons. The Hall–Kier alpha value is -6.44. The van der Waals surface area contributed by atoms with Crippen LogP contribution in [0.15, 0.2) is 186 Å². The Bertz CT molecular complexity index is 2910. The normalized spacial score (nSPS) is 12.5. The molecule has 0 amide bonds. The Morgan fingerprint density at radius 3 is 1.33 bits per heavy atom. The minimum Gasteiger partial charge on any atom is -0.456 e. The van der Waals surface area contributed by atoms with Gasteiger partial charge < -0.3 is 4.42 Å². The van der Waals surface area contributed by atoms with Gasteiger partial charge in [0.05, 0.1) is 4.11 Å². The van der Waals surface area contributed by atoms with Crippen molar-refractivity contribution in [3.8, 4) is 44.5 Å². The smallest absolute Gasteiger partial charge is 0.136 e. The molecule has 0 bridgehead atoms. The Balaban J connectivity index is 1.29. The van der Waals surface area contributed by atoms with Crippen LogP contribution in [0.3, 0.4) is 0 Å². The summed E-state index contributed by atoms with van der Waals surface area (Å²) in [6, 6.07) is 55.8. The van der Waals surface area contributed by atoms with Gasteiger partial charge in [-0.3, -0.25) is 0 Å². The Morgan fingerprint density at radius 2 is 0.755 bits per heavy atom. The van der Waals surface area contributed by atoms with Crippen molar-refractivity contribution in [2.75, 3.05) is 0 Å². The molecule has 0 aliphatic heterocycles. The summed E-state index contributed by atoms with van der Waals surface area (Å²) in [5.74, 6) is 0. The van der Waals surface area contributed by atoms with E-state index in [9.17, 15) is 4.11 Å². The van der Waals surface area contributed by atoms with Crippen LogP contribution in [0.5, 0.6) is 0 Å². The fraction of sp³-hybridized carbons (Fsp3) is 0. The zero-order valence-electron chi connectivity index (χ0n) is 29.5. The van der Waals surface area contributed by atoms with Gasteiger partial charge in [-0.15, -0.1) is 0 Å². The van der Waals surface area contributed by atoms with Crippen LogP contribution in [-0.4, -0.2) is 0 Å². The van der Waals surface area contributed by atoms with Crippen LogP contribution in [0, 0.1) is 0 Å². The van der Waals surface area contributed by atoms with E-state index in [1.165, 1.54) is 5.39 Å². The lowest BCUT2D eigenvalue weighted by molar-refractivity contribution is 0.669. The maximum absolute atomic E-state index is 9.78. The number of hydrogen-bond donors (Lipinski definition) is 0. The lowest BCUT2D eigenvalue weighted by atomic mass is 9.84. The van der Waals surface area contributed by atoms with E-state index in [-0.39, 0.29) is 18.1 Å². The second-order valence-corrected chi connectivity index (χ2v) is 12.6. The second-order valence-electron chi connectivity index (χ2n) is 12.6. The highest BCUT2D eigenvalue weighted by atomic mass is 16.3. The summed E-state index contributed by atoms with van der Waals surface area (Å²) >= 11 is 0. The highest BCUT2D eigenvalue weighted by Gasteiger charge is 2.19. The van der Waals surface area contributed by atoms with E-state index in [4.69, 9.17) is 4.42 Å². The zero-order valence-corrected chi connectivity index (χ0v) is 26.5. The van der Waals surface area contributed by atoms with E-state index in [1.54, 1.807) is 0 Å². The molecule has 0 atom stereocenters. The van der Waals surface area contributed by atoms with Crippen molar-refractivity contribution in [1.29, 1.82) is 0 Å². The first-order valence-corrected chi connectivity index (χ1v) is 16.6. The molecule has 1 nitrogen and oxygen atoms in total. The predicted molar refractivity (Wildman–Crippen MR) is 208 cm³/mol. The number of fused-ring (bicyclic) bond motifs is 6. The molecule has 1 heteroatoms. The van der Waals surface area contributed by atoms with Crippen LogP contribution in [-0.2, 0) is 0 Å². The molecule has 0 N–H and O–H groups in total. The SMILES string of the molecule is [2H]c1c(-c2ccccc2)c([2H])c(-c2c3ccccc3c(-c3ccc4c(c3)oc3cc5ccccc5cc34)c3ccccc23)c([2H])c1-c1ccccc1. The van der Waals surface area contributed by atoms with Crippen LogP contribution >= 0.6 is 0 Å². The summed E-state index contributed by atoms with van der Waals surface area (Å²) in [4.78, 5) is 0. The topological polar surface area (TPSA) is 13.1 Å². The average Bonchev–Trinajstić information content (AvgIpc) is 3.54. The van der Waals surface area contributed by atoms with Crippen LogP contribution in [0.25, 0.3) is 98.8 Å². The monoisotopic (exact) mass is 625 g/mol. The van der Waals surface area contributed by atoms with Crippen molar-refractivity contribution in [3.63, 3.8) is 0 Å². The van der Waals surface area contributed by atoms with E-state index in [1.807, 2.05) is 78.9 Å². The van der Waals surface area contributed by atoms with Gasteiger partial charge in [0.1, 0.15) is 11.2 Å². The van der Waals surface area contributed by atoms with E-state index >= 15 is 0 Å². The highest BCUT2D eigenvalue weighted by molar-refractivity contribution is 6.22. The maximum Gasteiger partial charge on any atom is 0.136 e. The average molecular weight is 626 g/mol. The summed E-state index contributed by atoms with van der Waals surface area (Å²) in [7, 11) is 0. The van der Waals surface area contributed by atoms with Crippen molar-refractivity contribution in [3.05, 3.63) is 182 Å². The Morgan fingerprint density at radius 1 is 0.306 bits per heavy atom. The quantitative estimate of drug-likeness (QED) is 0.177. The fourth-order valence-corrected chi connectivity index (χ4v) is 7.42. The van der Waals surface area contributed by atoms with Gasteiger partial charge in [-0.2, -0.15) is 0 Å². The number of rotatable bonds is 4. The molecule has 1 aromatic heterocycles. The molecule has 10 rings (SSSR count). The van der Waals surface area contributed by atoms with Crippen molar-refractivity contribution in [2.24, 2.45) is 0 Å². The van der Waals surface area contributed by atoms with Crippen molar-refractivity contribution < 1.29 is 8.53 Å². The molecular weight excluding hydrogens is 593 g/mol. The summed E-state index contributed by atoms with van der Waals surface area (Å²) in [6.07, 6.45) is 0. The van der Waals surface area contributed by atoms with E-state index in [0.29, 0.717) is 16.7 Å². The van der Waals surface area contributed by atoms with Gasteiger partial charge in [0.15, 0.2) is 0 Å². The Labute approximate surface area is 288 Å². The van der Waals surface area contributed by atoms with Crippen molar-refractivity contribution >= 4 is 54.3 Å². The highest BCUT2D eigenvalue weighted by Crippen LogP contribution is 2.46. The van der Waals surface area contributed by atoms with Gasteiger partial charge in [-0.05, 0) is 119 Å². The van der Waals surface area contributed by atoms with Gasteiger partial charge in [0.2, 0.25) is 0 Å². The first-order valence-electron chi connectivity index (χ1n) is 18.1. The molecule has 0 unspecified atom stereocenters. The number of benzene rings is 9.